The van der Waals surface area contributed by atoms with Crippen LogP contribution in [-0.4, -0.2) is 75.8 Å². The quantitative estimate of drug-likeness (QED) is 0.460. The van der Waals surface area contributed by atoms with Crippen molar-refractivity contribution in [2.24, 2.45) is 23.0 Å². The van der Waals surface area contributed by atoms with Crippen molar-refractivity contribution in [2.45, 2.75) is 71.9 Å². The highest BCUT2D eigenvalue weighted by Crippen LogP contribution is 2.62. The molecule has 0 aromatic carbocycles. The van der Waals surface area contributed by atoms with Crippen LogP contribution < -0.4 is 15.8 Å². The second kappa shape index (κ2) is 13.4. The minimum Gasteiger partial charge on any atom is -0.479 e. The molecule has 3 amide bonds. The number of nitriles is 1. The highest BCUT2D eigenvalue weighted by atomic mass is 19.4. The first kappa shape index (κ1) is 34.3. The Kier molecular flexibility index (Phi) is 10.9. The van der Waals surface area contributed by atoms with Crippen molar-refractivity contribution < 1.29 is 37.0 Å². The molecule has 42 heavy (non-hydrogen) atoms. The smallest absolute Gasteiger partial charge is 0.470 e. The van der Waals surface area contributed by atoms with Gasteiger partial charge in [0.15, 0.2) is 0 Å². The maximum atomic E-state index is 12.2. The summed E-state index contributed by atoms with van der Waals surface area (Å²) in [5.74, 6) is -0.171. The largest absolute Gasteiger partial charge is 0.479 e. The number of aromatic nitrogens is 3. The van der Waals surface area contributed by atoms with Gasteiger partial charge in [0, 0.05) is 31.0 Å². The molecule has 15 heteroatoms. The number of hydrogen-bond donors (Lipinski definition) is 2. The fraction of sp³-hybridized carbons (Fsp3) is 0.630. The Labute approximate surface area is 242 Å². The standard InChI is InChI=1S/C15H27NO2.C10H9N5O2.C2H2F3NO/c1-10(18-14(2,3)4)7-13(17)16-8-11-12(9-16)15(11,5)6;1-17-10-9-7(8(4-11)13-6-16)5-14-15(9)3-2-12-10;3-2(4,5)1(6)7/h10-12H,7-9H2,1-6H3;2-3,5-6,8H,1H3,(H,13,16);(H2,6,7)/t10-,11?,12?;;/m1../s1. The number of rotatable bonds is 7. The Morgan fingerprint density at radius 3 is 2.31 bits per heavy atom. The number of nitrogens with one attached hydrogen (secondary N) is 1. The number of alkyl halides is 3. The van der Waals surface area contributed by atoms with E-state index in [4.69, 9.17) is 19.5 Å². The minimum absolute atomic E-state index is 0.00226. The second-order valence-corrected chi connectivity index (χ2v) is 11.6. The van der Waals surface area contributed by atoms with Gasteiger partial charge in [0.2, 0.25) is 18.2 Å². The van der Waals surface area contributed by atoms with Crippen LogP contribution in [0.25, 0.3) is 5.52 Å². The maximum Gasteiger partial charge on any atom is 0.470 e. The lowest BCUT2D eigenvalue weighted by Gasteiger charge is -2.27. The Morgan fingerprint density at radius 2 is 1.86 bits per heavy atom. The number of carbonyl (C=O) groups excluding carboxylic acids is 3. The molecule has 3 heterocycles. The highest BCUT2D eigenvalue weighted by Gasteiger charge is 2.62. The molecule has 1 aliphatic heterocycles. The number of primary amides is 1. The molecule has 2 aromatic rings. The molecule has 1 aliphatic carbocycles. The molecule has 3 N–H and O–H groups in total. The van der Waals surface area contributed by atoms with Crippen LogP contribution in [0.5, 0.6) is 5.88 Å². The van der Waals surface area contributed by atoms with Gasteiger partial charge in [-0.15, -0.1) is 0 Å². The maximum absolute atomic E-state index is 12.2. The molecule has 1 saturated carbocycles. The lowest BCUT2D eigenvalue weighted by atomic mass is 10.1. The minimum atomic E-state index is -4.86. The van der Waals surface area contributed by atoms with Gasteiger partial charge < -0.3 is 25.4 Å². The fourth-order valence-electron chi connectivity index (χ4n) is 4.92. The zero-order chi connectivity index (χ0) is 32.0. The first-order valence-corrected chi connectivity index (χ1v) is 13.1. The number of halogens is 3. The molecule has 4 atom stereocenters. The number of fused-ring (bicyclic) bond motifs is 2. The van der Waals surface area contributed by atoms with Crippen molar-refractivity contribution in [3.05, 3.63) is 24.2 Å². The molecule has 0 radical (unpaired) electrons. The predicted octanol–water partition coefficient (Wildman–Crippen LogP) is 2.78. The van der Waals surface area contributed by atoms with Gasteiger partial charge in [-0.3, -0.25) is 14.4 Å². The number of piperidine rings is 1. The predicted molar refractivity (Wildman–Crippen MR) is 145 cm³/mol. The molecule has 2 aliphatic rings. The van der Waals surface area contributed by atoms with E-state index >= 15 is 0 Å². The van der Waals surface area contributed by atoms with Gasteiger partial charge in [-0.1, -0.05) is 13.8 Å². The van der Waals surface area contributed by atoms with Gasteiger partial charge in [0.05, 0.1) is 37.5 Å². The van der Waals surface area contributed by atoms with E-state index in [2.05, 4.69) is 35.0 Å². The molecule has 2 aromatic heterocycles. The molecule has 3 unspecified atom stereocenters. The van der Waals surface area contributed by atoms with Crippen molar-refractivity contribution in [1.82, 2.24) is 24.8 Å². The first-order chi connectivity index (χ1) is 19.4. The third-order valence-electron chi connectivity index (χ3n) is 7.07. The topological polar surface area (TPSA) is 165 Å². The molecule has 0 bridgehead atoms. The van der Waals surface area contributed by atoms with Crippen LogP contribution in [0.4, 0.5) is 13.2 Å². The van der Waals surface area contributed by atoms with E-state index in [-0.39, 0.29) is 17.6 Å². The molecular formula is C27H38F3N7O5. The van der Waals surface area contributed by atoms with Crippen molar-refractivity contribution in [1.29, 1.82) is 5.26 Å². The van der Waals surface area contributed by atoms with E-state index < -0.39 is 18.1 Å². The summed E-state index contributed by atoms with van der Waals surface area (Å²) in [5.41, 5.74) is 5.22. The van der Waals surface area contributed by atoms with Gasteiger partial charge in [-0.25, -0.2) is 9.50 Å². The van der Waals surface area contributed by atoms with Gasteiger partial charge >= 0.3 is 12.1 Å². The average molecular weight is 598 g/mol. The molecule has 232 valence electrons. The molecule has 4 rings (SSSR count). The van der Waals surface area contributed by atoms with Gasteiger partial charge in [-0.2, -0.15) is 23.5 Å². The van der Waals surface area contributed by atoms with E-state index in [0.717, 1.165) is 24.9 Å². The third kappa shape index (κ3) is 8.78. The SMILES string of the molecule is COc1nccn2ncc(C(C#N)NC=O)c12.C[C@H](CC(=O)N1CC2C(C1)C2(C)C)OC(C)(C)C.NC(=O)C(F)(F)F. The van der Waals surface area contributed by atoms with Crippen LogP contribution in [0, 0.1) is 28.6 Å². The summed E-state index contributed by atoms with van der Waals surface area (Å²) in [4.78, 5) is 37.8. The zero-order valence-electron chi connectivity index (χ0n) is 24.7. The number of methoxy groups -OCH3 is 1. The first-order valence-electron chi connectivity index (χ1n) is 13.1. The zero-order valence-corrected chi connectivity index (χ0v) is 24.7. The number of hydrogen-bond acceptors (Lipinski definition) is 8. The van der Waals surface area contributed by atoms with Crippen LogP contribution in [0.2, 0.25) is 0 Å². The summed E-state index contributed by atoms with van der Waals surface area (Å²) in [5, 5.41) is 15.5. The Hall–Kier alpha value is -3.93. The fourth-order valence-corrected chi connectivity index (χ4v) is 4.92. The van der Waals surface area contributed by atoms with Crippen LogP contribution in [0.3, 0.4) is 0 Å². The van der Waals surface area contributed by atoms with Crippen LogP contribution >= 0.6 is 0 Å². The van der Waals surface area contributed by atoms with Crippen molar-refractivity contribution in [3.8, 4) is 11.9 Å². The number of carbonyl (C=O) groups is 3. The Bertz CT molecular complexity index is 1290. The molecule has 12 nitrogen and oxygen atoms in total. The molecule has 1 saturated heterocycles. The summed E-state index contributed by atoms with van der Waals surface area (Å²) >= 11 is 0. The van der Waals surface area contributed by atoms with Gasteiger partial charge in [-0.05, 0) is 44.9 Å². The van der Waals surface area contributed by atoms with E-state index in [9.17, 15) is 22.8 Å². The van der Waals surface area contributed by atoms with Crippen LogP contribution in [0.1, 0.15) is 59.6 Å². The van der Waals surface area contributed by atoms with E-state index in [0.29, 0.717) is 35.2 Å². The van der Waals surface area contributed by atoms with Crippen LogP contribution in [-0.2, 0) is 19.1 Å². The average Bonchev–Trinajstić information content (AvgIpc) is 3.29. The van der Waals surface area contributed by atoms with Crippen molar-refractivity contribution >= 4 is 23.7 Å². The van der Waals surface area contributed by atoms with E-state index in [1.54, 1.807) is 6.20 Å². The van der Waals surface area contributed by atoms with E-state index in [1.165, 1.54) is 24.0 Å². The molecular weight excluding hydrogens is 559 g/mol. The summed E-state index contributed by atoms with van der Waals surface area (Å²) in [6.45, 7) is 14.6. The number of likely N-dealkylation sites (tertiary alicyclic amines) is 1. The molecule has 0 spiro atoms. The summed E-state index contributed by atoms with van der Waals surface area (Å²) in [6, 6.07) is 1.19. The number of ether oxygens (including phenoxy) is 2. The highest BCUT2D eigenvalue weighted by molar-refractivity contribution is 5.79. The Morgan fingerprint density at radius 1 is 1.29 bits per heavy atom. The van der Waals surface area contributed by atoms with E-state index in [1.807, 2.05) is 38.7 Å². The summed E-state index contributed by atoms with van der Waals surface area (Å²) < 4.78 is 44.6. The summed E-state index contributed by atoms with van der Waals surface area (Å²) in [7, 11) is 1.48. The van der Waals surface area contributed by atoms with Crippen molar-refractivity contribution in [2.75, 3.05) is 20.2 Å². The lowest BCUT2D eigenvalue weighted by molar-refractivity contribution is -0.169. The molecule has 2 fully saturated rings. The number of amides is 3. The normalized spacial score (nSPS) is 20.0. The number of nitrogens with zero attached hydrogens (tertiary/aromatic N) is 5. The van der Waals surface area contributed by atoms with Crippen LogP contribution in [0.15, 0.2) is 18.6 Å². The third-order valence-corrected chi connectivity index (χ3v) is 7.07. The monoisotopic (exact) mass is 597 g/mol. The summed E-state index contributed by atoms with van der Waals surface area (Å²) in [6.07, 6.45) is 0.803. The Balaban J connectivity index is 0.000000241. The lowest BCUT2D eigenvalue weighted by Crippen LogP contribution is -2.36. The number of nitrogens with two attached hydrogens (primary N) is 1. The second-order valence-electron chi connectivity index (χ2n) is 11.6. The van der Waals surface area contributed by atoms with Gasteiger partial charge in [0.25, 0.3) is 0 Å². The van der Waals surface area contributed by atoms with Gasteiger partial charge in [0.1, 0.15) is 11.6 Å². The van der Waals surface area contributed by atoms with Crippen molar-refractivity contribution in [3.63, 3.8) is 0 Å².